The van der Waals surface area contributed by atoms with Crippen LogP contribution in [0.3, 0.4) is 0 Å². The van der Waals surface area contributed by atoms with Crippen LogP contribution in [0, 0.1) is 0 Å². The largest absolute Gasteiger partial charge is 0.382 e. The number of fused-ring (bicyclic) bond motifs is 1. The number of halogens is 1. The average molecular weight is 306 g/mol. The predicted molar refractivity (Wildman–Crippen MR) is 68.7 cm³/mol. The molecule has 1 aliphatic rings. The van der Waals surface area contributed by atoms with E-state index in [2.05, 4.69) is 27.5 Å². The summed E-state index contributed by atoms with van der Waals surface area (Å²) in [4.78, 5) is 6.87. The maximum atomic E-state index is 5.39. The van der Waals surface area contributed by atoms with Crippen LogP contribution in [-0.2, 0) is 16.0 Å². The summed E-state index contributed by atoms with van der Waals surface area (Å²) < 4.78 is 6.15. The quantitative estimate of drug-likeness (QED) is 0.670. The fourth-order valence-electron chi connectivity index (χ4n) is 1.93. The highest BCUT2D eigenvalue weighted by Gasteiger charge is 2.22. The van der Waals surface area contributed by atoms with E-state index in [0.717, 1.165) is 6.42 Å². The monoisotopic (exact) mass is 305 g/mol. The van der Waals surface area contributed by atoms with E-state index in [9.17, 15) is 0 Å². The molecule has 1 N–H and O–H groups in total. The second kappa shape index (κ2) is 6.12. The molecule has 0 spiro atoms. The Kier molecular flexibility index (Phi) is 4.79. The maximum absolute atomic E-state index is 5.39. The van der Waals surface area contributed by atoms with Crippen molar-refractivity contribution in [1.82, 2.24) is 5.48 Å². The van der Waals surface area contributed by atoms with Crippen LogP contribution in [0.2, 0.25) is 0 Å². The van der Waals surface area contributed by atoms with Crippen molar-refractivity contribution in [2.24, 2.45) is 0 Å². The van der Waals surface area contributed by atoms with Gasteiger partial charge in [0.25, 0.3) is 0 Å². The minimum atomic E-state index is 0.336. The fourth-order valence-corrected chi connectivity index (χ4v) is 3.75. The lowest BCUT2D eigenvalue weighted by Crippen LogP contribution is -2.25. The van der Waals surface area contributed by atoms with E-state index in [-0.39, 0.29) is 0 Å². The second-order valence-electron chi connectivity index (χ2n) is 3.83. The van der Waals surface area contributed by atoms with Crippen LogP contribution in [0.25, 0.3) is 0 Å². The number of nitrogens with one attached hydrogen (secondary N) is 1. The maximum Gasteiger partial charge on any atom is 0.0916 e. The highest BCUT2D eigenvalue weighted by molar-refractivity contribution is 9.11. The van der Waals surface area contributed by atoms with Gasteiger partial charge >= 0.3 is 0 Å². The summed E-state index contributed by atoms with van der Waals surface area (Å²) in [6.45, 7) is 1.22. The van der Waals surface area contributed by atoms with Crippen LogP contribution in [0.1, 0.15) is 29.3 Å². The molecular formula is C11H16BrNO2S. The van der Waals surface area contributed by atoms with Gasteiger partial charge in [-0.3, -0.25) is 4.84 Å². The molecule has 2 rings (SSSR count). The molecule has 5 heteroatoms. The molecule has 0 aromatic carbocycles. The third kappa shape index (κ3) is 3.05. The van der Waals surface area contributed by atoms with Crippen molar-refractivity contribution in [3.05, 3.63) is 20.3 Å². The summed E-state index contributed by atoms with van der Waals surface area (Å²) in [5.74, 6) is 0. The number of aryl methyl sites for hydroxylation is 1. The average Bonchev–Trinajstić information content (AvgIpc) is 2.65. The van der Waals surface area contributed by atoms with Crippen LogP contribution in [0.5, 0.6) is 0 Å². The van der Waals surface area contributed by atoms with Gasteiger partial charge in [-0.25, -0.2) is 0 Å². The zero-order chi connectivity index (χ0) is 11.4. The Hall–Kier alpha value is 0.0600. The van der Waals surface area contributed by atoms with Gasteiger partial charge < -0.3 is 4.74 Å². The van der Waals surface area contributed by atoms with Gasteiger partial charge in [-0.15, -0.1) is 11.3 Å². The molecular weight excluding hydrogens is 290 g/mol. The standard InChI is InChI=1S/C11H16BrNO2S/c1-14-5-6-15-13-9-3-2-4-10-8(9)7-11(12)16-10/h7,9,13H,2-6H2,1H3. The number of hydrogen-bond donors (Lipinski definition) is 1. The first kappa shape index (κ1) is 12.5. The summed E-state index contributed by atoms with van der Waals surface area (Å²) in [6, 6.07) is 2.54. The van der Waals surface area contributed by atoms with Crippen molar-refractivity contribution in [2.45, 2.75) is 25.3 Å². The lowest BCUT2D eigenvalue weighted by molar-refractivity contribution is -0.0152. The Morgan fingerprint density at radius 1 is 1.56 bits per heavy atom. The molecule has 1 unspecified atom stereocenters. The highest BCUT2D eigenvalue weighted by atomic mass is 79.9. The molecule has 1 aliphatic carbocycles. The van der Waals surface area contributed by atoms with E-state index in [0.29, 0.717) is 19.3 Å². The molecule has 0 radical (unpaired) electrons. The van der Waals surface area contributed by atoms with Crippen LogP contribution < -0.4 is 5.48 Å². The molecule has 3 nitrogen and oxygen atoms in total. The van der Waals surface area contributed by atoms with Gasteiger partial charge in [0.15, 0.2) is 0 Å². The zero-order valence-electron chi connectivity index (χ0n) is 9.29. The lowest BCUT2D eigenvalue weighted by Gasteiger charge is -2.23. The summed E-state index contributed by atoms with van der Waals surface area (Å²) in [5.41, 5.74) is 4.52. The molecule has 0 aliphatic heterocycles. The molecule has 1 atom stereocenters. The number of methoxy groups -OCH3 is 1. The van der Waals surface area contributed by atoms with Crippen LogP contribution in [-0.4, -0.2) is 20.3 Å². The van der Waals surface area contributed by atoms with Gasteiger partial charge in [-0.05, 0) is 46.8 Å². The number of hydrogen-bond acceptors (Lipinski definition) is 4. The van der Waals surface area contributed by atoms with Crippen LogP contribution in [0.4, 0.5) is 0 Å². The minimum absolute atomic E-state index is 0.336. The Balaban J connectivity index is 1.91. The molecule has 0 saturated heterocycles. The van der Waals surface area contributed by atoms with Gasteiger partial charge in [-0.2, -0.15) is 5.48 Å². The van der Waals surface area contributed by atoms with E-state index in [1.807, 2.05) is 11.3 Å². The van der Waals surface area contributed by atoms with Crippen molar-refractivity contribution in [3.8, 4) is 0 Å². The van der Waals surface area contributed by atoms with Crippen molar-refractivity contribution in [1.29, 1.82) is 0 Å². The molecule has 1 heterocycles. The first-order chi connectivity index (χ1) is 7.81. The van der Waals surface area contributed by atoms with Crippen molar-refractivity contribution < 1.29 is 9.57 Å². The smallest absolute Gasteiger partial charge is 0.0916 e. The number of ether oxygens (including phenoxy) is 1. The number of thiophene rings is 1. The molecule has 0 amide bonds. The fraction of sp³-hybridized carbons (Fsp3) is 0.636. The zero-order valence-corrected chi connectivity index (χ0v) is 11.7. The van der Waals surface area contributed by atoms with Crippen LogP contribution >= 0.6 is 27.3 Å². The first-order valence-corrected chi connectivity index (χ1v) is 7.06. The van der Waals surface area contributed by atoms with Gasteiger partial charge in [0.1, 0.15) is 0 Å². The van der Waals surface area contributed by atoms with Crippen molar-refractivity contribution in [3.63, 3.8) is 0 Å². The molecule has 1 aromatic rings. The third-order valence-corrected chi connectivity index (χ3v) is 4.41. The van der Waals surface area contributed by atoms with Crippen molar-refractivity contribution in [2.75, 3.05) is 20.3 Å². The highest BCUT2D eigenvalue weighted by Crippen LogP contribution is 2.37. The molecule has 16 heavy (non-hydrogen) atoms. The Morgan fingerprint density at radius 3 is 3.25 bits per heavy atom. The molecule has 90 valence electrons. The second-order valence-corrected chi connectivity index (χ2v) is 6.35. The first-order valence-electron chi connectivity index (χ1n) is 5.45. The SMILES string of the molecule is COCCONC1CCCc2sc(Br)cc21. The van der Waals surface area contributed by atoms with Gasteiger partial charge in [0.2, 0.25) is 0 Å². The predicted octanol–water partition coefficient (Wildman–Crippen LogP) is 3.06. The number of hydroxylamine groups is 1. The summed E-state index contributed by atoms with van der Waals surface area (Å²) in [5, 5.41) is 0. The third-order valence-electron chi connectivity index (χ3n) is 2.70. The van der Waals surface area contributed by atoms with Gasteiger partial charge in [0.05, 0.1) is 23.0 Å². The van der Waals surface area contributed by atoms with E-state index in [4.69, 9.17) is 9.57 Å². The van der Waals surface area contributed by atoms with Crippen molar-refractivity contribution >= 4 is 27.3 Å². The minimum Gasteiger partial charge on any atom is -0.382 e. The lowest BCUT2D eigenvalue weighted by atomic mass is 9.95. The van der Waals surface area contributed by atoms with E-state index in [1.54, 1.807) is 7.11 Å². The summed E-state index contributed by atoms with van der Waals surface area (Å²) >= 11 is 5.38. The summed E-state index contributed by atoms with van der Waals surface area (Å²) in [7, 11) is 1.68. The molecule has 0 saturated carbocycles. The number of rotatable bonds is 5. The van der Waals surface area contributed by atoms with E-state index >= 15 is 0 Å². The Bertz CT molecular complexity index is 343. The topological polar surface area (TPSA) is 30.5 Å². The Labute approximate surface area is 108 Å². The molecule has 0 bridgehead atoms. The van der Waals surface area contributed by atoms with E-state index < -0.39 is 0 Å². The normalized spacial score (nSPS) is 19.8. The summed E-state index contributed by atoms with van der Waals surface area (Å²) in [6.07, 6.45) is 3.57. The molecule has 1 aromatic heterocycles. The Morgan fingerprint density at radius 2 is 2.44 bits per heavy atom. The van der Waals surface area contributed by atoms with Gasteiger partial charge in [-0.1, -0.05) is 0 Å². The van der Waals surface area contributed by atoms with E-state index in [1.165, 1.54) is 27.1 Å². The van der Waals surface area contributed by atoms with Gasteiger partial charge in [0, 0.05) is 12.0 Å². The molecule has 0 fully saturated rings. The van der Waals surface area contributed by atoms with Crippen LogP contribution in [0.15, 0.2) is 9.85 Å².